The molecule has 28 heavy (non-hydrogen) atoms. The van der Waals surface area contributed by atoms with E-state index in [1.807, 2.05) is 42.5 Å². The largest absolute Gasteiger partial charge is 0.471 e. The van der Waals surface area contributed by atoms with Gasteiger partial charge in [-0.2, -0.15) is 13.2 Å². The molecule has 0 N–H and O–H groups in total. The topological polar surface area (TPSA) is 42.4 Å². The van der Waals surface area contributed by atoms with Gasteiger partial charge < -0.3 is 9.64 Å². The van der Waals surface area contributed by atoms with E-state index in [0.717, 1.165) is 22.4 Å². The van der Waals surface area contributed by atoms with Crippen molar-refractivity contribution in [2.45, 2.75) is 18.7 Å². The zero-order chi connectivity index (χ0) is 19.7. The number of carbonyl (C=O) groups excluding carboxylic acids is 1. The second-order valence-electron chi connectivity index (χ2n) is 6.71. The normalized spacial score (nSPS) is 14.8. The summed E-state index contributed by atoms with van der Waals surface area (Å²) in [5.74, 6) is -0.116. The molecular formula is C21H17F3N2O2. The van der Waals surface area contributed by atoms with Crippen LogP contribution < -0.4 is 4.74 Å². The minimum absolute atomic E-state index is 0.0341. The van der Waals surface area contributed by atoms with Crippen molar-refractivity contribution in [1.82, 2.24) is 9.88 Å². The molecule has 3 aromatic rings. The van der Waals surface area contributed by atoms with Gasteiger partial charge in [-0.15, -0.1) is 0 Å². The van der Waals surface area contributed by atoms with E-state index in [1.165, 1.54) is 12.1 Å². The lowest BCUT2D eigenvalue weighted by atomic mass is 10.0. The zero-order valence-electron chi connectivity index (χ0n) is 14.8. The number of likely N-dealkylation sites (tertiary alicyclic amines) is 1. The average Bonchev–Trinajstić information content (AvgIpc) is 2.64. The molecule has 2 aromatic carbocycles. The van der Waals surface area contributed by atoms with Crippen molar-refractivity contribution in [2.24, 2.45) is 0 Å². The molecule has 7 heteroatoms. The van der Waals surface area contributed by atoms with Crippen LogP contribution in [0.2, 0.25) is 0 Å². The first-order valence-corrected chi connectivity index (χ1v) is 8.85. The van der Waals surface area contributed by atoms with Crippen LogP contribution >= 0.6 is 0 Å². The van der Waals surface area contributed by atoms with Crippen molar-refractivity contribution < 1.29 is 22.7 Å². The van der Waals surface area contributed by atoms with Crippen LogP contribution in [0.5, 0.6) is 5.88 Å². The minimum atomic E-state index is -4.51. The summed E-state index contributed by atoms with van der Waals surface area (Å²) >= 11 is 0. The maximum Gasteiger partial charge on any atom is 0.433 e. The number of alkyl halides is 3. The maximum absolute atomic E-state index is 12.7. The van der Waals surface area contributed by atoms with Gasteiger partial charge in [0.2, 0.25) is 11.8 Å². The Kier molecular flexibility index (Phi) is 4.66. The predicted octanol–water partition coefficient (Wildman–Crippen LogP) is 4.09. The molecule has 1 amide bonds. The highest BCUT2D eigenvalue weighted by Crippen LogP contribution is 2.29. The molecular weight excluding hydrogens is 369 g/mol. The van der Waals surface area contributed by atoms with Crippen molar-refractivity contribution in [3.8, 4) is 5.88 Å². The molecule has 144 valence electrons. The number of carbonyl (C=O) groups is 1. The van der Waals surface area contributed by atoms with Gasteiger partial charge in [-0.3, -0.25) is 4.79 Å². The number of nitrogens with zero attached hydrogens (tertiary/aromatic N) is 2. The molecule has 0 unspecified atom stereocenters. The lowest BCUT2D eigenvalue weighted by Crippen LogP contribution is -2.56. The highest BCUT2D eigenvalue weighted by molar-refractivity contribution is 5.90. The van der Waals surface area contributed by atoms with E-state index >= 15 is 0 Å². The smallest absolute Gasteiger partial charge is 0.433 e. The number of rotatable bonds is 4. The number of halogens is 3. The monoisotopic (exact) mass is 386 g/mol. The molecule has 0 radical (unpaired) electrons. The number of fused-ring (bicyclic) bond motifs is 1. The Balaban J connectivity index is 1.36. The molecule has 2 heterocycles. The average molecular weight is 386 g/mol. The predicted molar refractivity (Wildman–Crippen MR) is 97.9 cm³/mol. The number of hydrogen-bond donors (Lipinski definition) is 0. The van der Waals surface area contributed by atoms with Crippen LogP contribution in [0.25, 0.3) is 10.8 Å². The van der Waals surface area contributed by atoms with Gasteiger partial charge in [0.25, 0.3) is 0 Å². The van der Waals surface area contributed by atoms with Crippen LogP contribution in [-0.2, 0) is 17.4 Å². The molecule has 1 aliphatic heterocycles. The molecule has 1 saturated heterocycles. The first-order valence-electron chi connectivity index (χ1n) is 8.85. The highest BCUT2D eigenvalue weighted by atomic mass is 19.4. The molecule has 0 saturated carbocycles. The fraction of sp³-hybridized carbons (Fsp3) is 0.238. The third-order valence-electron chi connectivity index (χ3n) is 4.72. The molecule has 0 bridgehead atoms. The second kappa shape index (κ2) is 7.14. The summed E-state index contributed by atoms with van der Waals surface area (Å²) in [6.07, 6.45) is -4.59. The number of pyridine rings is 1. The van der Waals surface area contributed by atoms with E-state index < -0.39 is 11.9 Å². The third-order valence-corrected chi connectivity index (χ3v) is 4.72. The van der Waals surface area contributed by atoms with Gasteiger partial charge in [-0.05, 0) is 22.4 Å². The van der Waals surface area contributed by atoms with Crippen molar-refractivity contribution >= 4 is 16.7 Å². The van der Waals surface area contributed by atoms with Gasteiger partial charge in [0.15, 0.2) is 0 Å². The fourth-order valence-electron chi connectivity index (χ4n) is 3.25. The van der Waals surface area contributed by atoms with Crippen LogP contribution in [0.3, 0.4) is 0 Å². The van der Waals surface area contributed by atoms with Crippen LogP contribution in [-0.4, -0.2) is 35.0 Å². The van der Waals surface area contributed by atoms with Crippen LogP contribution in [0.1, 0.15) is 11.3 Å². The minimum Gasteiger partial charge on any atom is -0.471 e. The molecule has 0 aliphatic carbocycles. The molecule has 4 nitrogen and oxygen atoms in total. The Morgan fingerprint density at radius 2 is 1.75 bits per heavy atom. The Bertz CT molecular complexity index is 1010. The molecule has 0 spiro atoms. The first-order chi connectivity index (χ1) is 13.4. The number of aromatic nitrogens is 1. The van der Waals surface area contributed by atoms with Crippen molar-refractivity contribution in [2.75, 3.05) is 13.1 Å². The highest BCUT2D eigenvalue weighted by Gasteiger charge is 2.35. The quantitative estimate of drug-likeness (QED) is 0.678. The zero-order valence-corrected chi connectivity index (χ0v) is 14.8. The molecule has 0 atom stereocenters. The number of hydrogen-bond acceptors (Lipinski definition) is 3. The van der Waals surface area contributed by atoms with E-state index in [-0.39, 0.29) is 24.3 Å². The fourth-order valence-corrected chi connectivity index (χ4v) is 3.25. The summed E-state index contributed by atoms with van der Waals surface area (Å²) in [7, 11) is 0. The van der Waals surface area contributed by atoms with E-state index in [4.69, 9.17) is 4.74 Å². The molecule has 4 rings (SSSR count). The summed E-state index contributed by atoms with van der Waals surface area (Å²) in [5, 5.41) is 2.12. The van der Waals surface area contributed by atoms with Crippen LogP contribution in [0.4, 0.5) is 13.2 Å². The summed E-state index contributed by atoms with van der Waals surface area (Å²) < 4.78 is 43.6. The van der Waals surface area contributed by atoms with Crippen molar-refractivity contribution in [3.05, 3.63) is 71.9 Å². The van der Waals surface area contributed by atoms with Crippen molar-refractivity contribution in [3.63, 3.8) is 0 Å². The Labute approximate surface area is 159 Å². The van der Waals surface area contributed by atoms with Crippen molar-refractivity contribution in [1.29, 1.82) is 0 Å². The van der Waals surface area contributed by atoms with Crippen LogP contribution in [0, 0.1) is 0 Å². The number of benzene rings is 2. The Hall–Kier alpha value is -3.09. The van der Waals surface area contributed by atoms with Gasteiger partial charge in [0, 0.05) is 6.07 Å². The van der Waals surface area contributed by atoms with E-state index in [2.05, 4.69) is 4.98 Å². The van der Waals surface area contributed by atoms with E-state index in [9.17, 15) is 18.0 Å². The molecule has 1 aliphatic rings. The van der Waals surface area contributed by atoms with Crippen LogP contribution in [0.15, 0.2) is 60.7 Å². The lowest BCUT2D eigenvalue weighted by molar-refractivity contribution is -0.141. The van der Waals surface area contributed by atoms with Gasteiger partial charge in [-0.1, -0.05) is 48.5 Å². The van der Waals surface area contributed by atoms with Gasteiger partial charge in [-0.25, -0.2) is 4.98 Å². The Morgan fingerprint density at radius 1 is 1.04 bits per heavy atom. The molecule has 1 fully saturated rings. The van der Waals surface area contributed by atoms with E-state index in [1.54, 1.807) is 4.90 Å². The van der Waals surface area contributed by atoms with Gasteiger partial charge in [0.1, 0.15) is 11.8 Å². The first kappa shape index (κ1) is 18.3. The summed E-state index contributed by atoms with van der Waals surface area (Å²) in [6, 6.07) is 17.3. The number of amides is 1. The second-order valence-corrected chi connectivity index (χ2v) is 6.71. The summed E-state index contributed by atoms with van der Waals surface area (Å²) in [4.78, 5) is 17.7. The summed E-state index contributed by atoms with van der Waals surface area (Å²) in [6.45, 7) is 0.670. The SMILES string of the molecule is O=C(Cc1cccc2ccccc12)N1CC(Oc2cccc(C(F)(F)F)n2)C1. The number of ether oxygens (including phenoxy) is 1. The Morgan fingerprint density at radius 3 is 2.54 bits per heavy atom. The lowest BCUT2D eigenvalue weighted by Gasteiger charge is -2.38. The third kappa shape index (κ3) is 3.78. The van der Waals surface area contributed by atoms with E-state index in [0.29, 0.717) is 13.1 Å². The molecule has 1 aromatic heterocycles. The standard InChI is InChI=1S/C21H17F3N2O2/c22-21(23,24)18-9-4-10-19(25-18)28-16-12-26(13-16)20(27)11-15-7-3-6-14-5-1-2-8-17(14)15/h1-10,16H,11-13H2. The summed E-state index contributed by atoms with van der Waals surface area (Å²) in [5.41, 5.74) is -0.0415. The maximum atomic E-state index is 12.7. The van der Waals surface area contributed by atoms with Gasteiger partial charge >= 0.3 is 6.18 Å². The van der Waals surface area contributed by atoms with Gasteiger partial charge in [0.05, 0.1) is 19.5 Å².